The smallest absolute Gasteiger partial charge is 0.253 e. The van der Waals surface area contributed by atoms with Crippen LogP contribution in [0.15, 0.2) is 42.7 Å². The summed E-state index contributed by atoms with van der Waals surface area (Å²) in [5.41, 5.74) is 6.66. The van der Waals surface area contributed by atoms with Crippen molar-refractivity contribution in [2.75, 3.05) is 18.9 Å². The fourth-order valence-electron chi connectivity index (χ4n) is 1.59. The summed E-state index contributed by atoms with van der Waals surface area (Å²) >= 11 is 5.88. The second-order valence-corrected chi connectivity index (χ2v) is 4.44. The molecule has 6 heteroatoms. The Hall–Kier alpha value is -2.27. The number of nitrogens with two attached hydrogens (primary N) is 1. The van der Waals surface area contributed by atoms with Crippen molar-refractivity contribution < 1.29 is 9.53 Å². The van der Waals surface area contributed by atoms with Crippen LogP contribution in [0.3, 0.4) is 0 Å². The number of benzene rings is 1. The molecule has 0 atom stereocenters. The van der Waals surface area contributed by atoms with Crippen molar-refractivity contribution in [1.29, 1.82) is 0 Å². The summed E-state index contributed by atoms with van der Waals surface area (Å²) in [5, 5.41) is 3.04. The zero-order chi connectivity index (χ0) is 14.4. The van der Waals surface area contributed by atoms with Crippen LogP contribution in [0.2, 0.25) is 5.02 Å². The van der Waals surface area contributed by atoms with Crippen molar-refractivity contribution >= 4 is 23.2 Å². The van der Waals surface area contributed by atoms with Gasteiger partial charge in [-0.15, -0.1) is 0 Å². The van der Waals surface area contributed by atoms with E-state index in [9.17, 15) is 4.79 Å². The van der Waals surface area contributed by atoms with Crippen LogP contribution < -0.4 is 15.8 Å². The van der Waals surface area contributed by atoms with E-state index in [1.54, 1.807) is 30.3 Å². The topological polar surface area (TPSA) is 77.2 Å². The third-order valence-corrected chi connectivity index (χ3v) is 2.83. The number of carbonyl (C=O) groups excluding carboxylic acids is 1. The van der Waals surface area contributed by atoms with Crippen LogP contribution in [0, 0.1) is 0 Å². The maximum absolute atomic E-state index is 11.8. The quantitative estimate of drug-likeness (QED) is 0.653. The van der Waals surface area contributed by atoms with Crippen molar-refractivity contribution in [3.63, 3.8) is 0 Å². The molecule has 0 unspecified atom stereocenters. The van der Waals surface area contributed by atoms with E-state index in [4.69, 9.17) is 22.1 Å². The average Bonchev–Trinajstić information content (AvgIpc) is 2.44. The number of hydrogen-bond acceptors (Lipinski definition) is 4. The molecular weight excluding hydrogens is 278 g/mol. The Labute approximate surface area is 121 Å². The minimum absolute atomic E-state index is 0.256. The minimum atomic E-state index is -0.256. The average molecular weight is 292 g/mol. The molecule has 0 radical (unpaired) electrons. The van der Waals surface area contributed by atoms with Crippen molar-refractivity contribution in [3.8, 4) is 5.75 Å². The number of halogens is 1. The third kappa shape index (κ3) is 3.86. The number of pyridine rings is 1. The largest absolute Gasteiger partial charge is 0.492 e. The molecular formula is C14H14ClN3O2. The van der Waals surface area contributed by atoms with E-state index in [2.05, 4.69) is 10.3 Å². The molecule has 2 rings (SSSR count). The highest BCUT2D eigenvalue weighted by Crippen LogP contribution is 2.14. The summed E-state index contributed by atoms with van der Waals surface area (Å²) in [5.74, 6) is 0.412. The Morgan fingerprint density at radius 1 is 1.40 bits per heavy atom. The highest BCUT2D eigenvalue weighted by Gasteiger charge is 2.08. The summed E-state index contributed by atoms with van der Waals surface area (Å²) in [4.78, 5) is 15.7. The van der Waals surface area contributed by atoms with Gasteiger partial charge >= 0.3 is 0 Å². The van der Waals surface area contributed by atoms with Crippen LogP contribution >= 0.6 is 11.6 Å². The van der Waals surface area contributed by atoms with Crippen LogP contribution in [-0.4, -0.2) is 24.0 Å². The molecule has 0 bridgehead atoms. The number of hydrogen-bond donors (Lipinski definition) is 2. The standard InChI is InChI=1S/C14H14ClN3O2/c15-13-9-17-5-4-12(13)14(19)18-6-7-20-11-3-1-2-10(16)8-11/h1-5,8-9H,6-7,16H2,(H,18,19). The molecule has 5 nitrogen and oxygen atoms in total. The number of nitrogen functional groups attached to an aromatic ring is 1. The van der Waals surface area contributed by atoms with Gasteiger partial charge in [-0.1, -0.05) is 17.7 Å². The lowest BCUT2D eigenvalue weighted by Crippen LogP contribution is -2.28. The molecule has 1 heterocycles. The number of carbonyl (C=O) groups is 1. The van der Waals surface area contributed by atoms with Crippen LogP contribution in [0.4, 0.5) is 5.69 Å². The van der Waals surface area contributed by atoms with Gasteiger partial charge in [0.05, 0.1) is 17.1 Å². The van der Waals surface area contributed by atoms with E-state index >= 15 is 0 Å². The second-order valence-electron chi connectivity index (χ2n) is 4.03. The molecule has 0 spiro atoms. The lowest BCUT2D eigenvalue weighted by Gasteiger charge is -2.08. The first-order valence-corrected chi connectivity index (χ1v) is 6.40. The Kier molecular flexibility index (Phi) is 4.79. The zero-order valence-corrected chi connectivity index (χ0v) is 11.4. The van der Waals surface area contributed by atoms with Crippen LogP contribution in [-0.2, 0) is 0 Å². The number of anilines is 1. The summed E-state index contributed by atoms with van der Waals surface area (Å²) in [6, 6.07) is 8.68. The molecule has 0 saturated heterocycles. The number of amides is 1. The van der Waals surface area contributed by atoms with E-state index in [1.807, 2.05) is 0 Å². The lowest BCUT2D eigenvalue weighted by atomic mass is 10.2. The Morgan fingerprint density at radius 2 is 2.25 bits per heavy atom. The molecule has 20 heavy (non-hydrogen) atoms. The van der Waals surface area contributed by atoms with Crippen molar-refractivity contribution in [3.05, 3.63) is 53.3 Å². The Bertz CT molecular complexity index is 604. The van der Waals surface area contributed by atoms with Gasteiger partial charge in [-0.05, 0) is 18.2 Å². The monoisotopic (exact) mass is 291 g/mol. The van der Waals surface area contributed by atoms with Crippen LogP contribution in [0.1, 0.15) is 10.4 Å². The van der Waals surface area contributed by atoms with Crippen molar-refractivity contribution in [1.82, 2.24) is 10.3 Å². The number of nitrogens with zero attached hydrogens (tertiary/aromatic N) is 1. The lowest BCUT2D eigenvalue weighted by molar-refractivity contribution is 0.0947. The van der Waals surface area contributed by atoms with Gasteiger partial charge in [0.1, 0.15) is 12.4 Å². The van der Waals surface area contributed by atoms with Gasteiger partial charge in [0, 0.05) is 24.1 Å². The van der Waals surface area contributed by atoms with E-state index in [0.29, 0.717) is 35.2 Å². The molecule has 1 aromatic carbocycles. The minimum Gasteiger partial charge on any atom is -0.492 e. The van der Waals surface area contributed by atoms with E-state index in [1.165, 1.54) is 12.4 Å². The molecule has 0 saturated carbocycles. The van der Waals surface area contributed by atoms with Gasteiger partial charge in [0.25, 0.3) is 5.91 Å². The summed E-state index contributed by atoms with van der Waals surface area (Å²) in [6.07, 6.45) is 2.95. The molecule has 0 fully saturated rings. The number of rotatable bonds is 5. The summed E-state index contributed by atoms with van der Waals surface area (Å²) in [6.45, 7) is 0.712. The van der Waals surface area contributed by atoms with E-state index in [0.717, 1.165) is 0 Å². The Morgan fingerprint density at radius 3 is 3.00 bits per heavy atom. The third-order valence-electron chi connectivity index (χ3n) is 2.53. The molecule has 104 valence electrons. The summed E-state index contributed by atoms with van der Waals surface area (Å²) in [7, 11) is 0. The second kappa shape index (κ2) is 6.77. The highest BCUT2D eigenvalue weighted by molar-refractivity contribution is 6.33. The molecule has 1 amide bonds. The molecule has 0 aliphatic rings. The van der Waals surface area contributed by atoms with Crippen LogP contribution in [0.5, 0.6) is 5.75 Å². The van der Waals surface area contributed by atoms with Gasteiger partial charge < -0.3 is 15.8 Å². The van der Waals surface area contributed by atoms with Crippen molar-refractivity contribution in [2.24, 2.45) is 0 Å². The molecule has 1 aromatic heterocycles. The first-order valence-electron chi connectivity index (χ1n) is 6.03. The fraction of sp³-hybridized carbons (Fsp3) is 0.143. The number of nitrogens with one attached hydrogen (secondary N) is 1. The van der Waals surface area contributed by atoms with Gasteiger partial charge in [-0.3, -0.25) is 9.78 Å². The molecule has 3 N–H and O–H groups in total. The van der Waals surface area contributed by atoms with Gasteiger partial charge in [-0.25, -0.2) is 0 Å². The predicted molar refractivity (Wildman–Crippen MR) is 77.9 cm³/mol. The molecule has 0 aliphatic carbocycles. The summed E-state index contributed by atoms with van der Waals surface area (Å²) < 4.78 is 5.46. The SMILES string of the molecule is Nc1cccc(OCCNC(=O)c2ccncc2Cl)c1. The predicted octanol–water partition coefficient (Wildman–Crippen LogP) is 2.13. The maximum atomic E-state index is 11.8. The van der Waals surface area contributed by atoms with E-state index < -0.39 is 0 Å². The van der Waals surface area contributed by atoms with Gasteiger partial charge in [-0.2, -0.15) is 0 Å². The van der Waals surface area contributed by atoms with Gasteiger partial charge in [0.15, 0.2) is 0 Å². The first kappa shape index (κ1) is 14.1. The maximum Gasteiger partial charge on any atom is 0.253 e. The Balaban J connectivity index is 1.79. The molecule has 0 aliphatic heterocycles. The van der Waals surface area contributed by atoms with Crippen molar-refractivity contribution in [2.45, 2.75) is 0 Å². The fourth-order valence-corrected chi connectivity index (χ4v) is 1.80. The first-order chi connectivity index (χ1) is 9.66. The number of ether oxygens (including phenoxy) is 1. The van der Waals surface area contributed by atoms with Gasteiger partial charge in [0.2, 0.25) is 0 Å². The van der Waals surface area contributed by atoms with Crippen LogP contribution in [0.25, 0.3) is 0 Å². The highest BCUT2D eigenvalue weighted by atomic mass is 35.5. The normalized spacial score (nSPS) is 10.1. The number of aromatic nitrogens is 1. The zero-order valence-electron chi connectivity index (χ0n) is 10.7. The van der Waals surface area contributed by atoms with E-state index in [-0.39, 0.29) is 5.91 Å². The molecule has 2 aromatic rings.